The molecular formula is C16H18BrNO3. The van der Waals surface area contributed by atoms with Crippen LogP contribution in [0.5, 0.6) is 5.75 Å². The number of hydrogen-bond donors (Lipinski definition) is 1. The molecule has 21 heavy (non-hydrogen) atoms. The quantitative estimate of drug-likeness (QED) is 0.831. The Morgan fingerprint density at radius 1 is 1.19 bits per heavy atom. The fourth-order valence-electron chi connectivity index (χ4n) is 1.98. The van der Waals surface area contributed by atoms with Crippen molar-refractivity contribution in [3.63, 3.8) is 0 Å². The van der Waals surface area contributed by atoms with E-state index >= 15 is 0 Å². The van der Waals surface area contributed by atoms with Crippen LogP contribution in [-0.4, -0.2) is 18.8 Å². The van der Waals surface area contributed by atoms with Gasteiger partial charge in [0.1, 0.15) is 11.4 Å². The first kappa shape index (κ1) is 15.6. The highest BCUT2D eigenvalue weighted by Crippen LogP contribution is 2.35. The van der Waals surface area contributed by atoms with Crippen molar-refractivity contribution in [3.8, 4) is 5.75 Å². The first-order valence-corrected chi connectivity index (χ1v) is 7.36. The van der Waals surface area contributed by atoms with Crippen molar-refractivity contribution < 1.29 is 14.3 Å². The van der Waals surface area contributed by atoms with Gasteiger partial charge in [0.05, 0.1) is 12.8 Å². The van der Waals surface area contributed by atoms with Gasteiger partial charge in [-0.15, -0.1) is 0 Å². The molecule has 1 N–H and O–H groups in total. The van der Waals surface area contributed by atoms with E-state index in [4.69, 9.17) is 9.47 Å². The Morgan fingerprint density at radius 2 is 1.86 bits per heavy atom. The lowest BCUT2D eigenvalue weighted by Crippen LogP contribution is -2.27. The summed E-state index contributed by atoms with van der Waals surface area (Å²) in [5.74, 6) is 0.589. The zero-order valence-electron chi connectivity index (χ0n) is 12.5. The average molecular weight is 352 g/mol. The van der Waals surface area contributed by atoms with Crippen molar-refractivity contribution in [2.45, 2.75) is 26.4 Å². The smallest absolute Gasteiger partial charge is 0.412 e. The number of carbonyl (C=O) groups is 1. The number of benzene rings is 2. The normalized spacial score (nSPS) is 11.3. The molecule has 0 spiro atoms. The summed E-state index contributed by atoms with van der Waals surface area (Å²) in [6.07, 6.45) is -0.506. The van der Waals surface area contributed by atoms with Gasteiger partial charge in [-0.05, 0) is 44.4 Å². The van der Waals surface area contributed by atoms with Crippen LogP contribution in [0.15, 0.2) is 34.8 Å². The lowest BCUT2D eigenvalue weighted by atomic mass is 10.1. The number of amides is 1. The number of methoxy groups -OCH3 is 1. The van der Waals surface area contributed by atoms with Crippen molar-refractivity contribution in [1.29, 1.82) is 0 Å². The molecule has 0 saturated heterocycles. The fraction of sp³-hybridized carbons (Fsp3) is 0.312. The molecule has 0 radical (unpaired) electrons. The van der Waals surface area contributed by atoms with Crippen LogP contribution in [0.2, 0.25) is 0 Å². The third-order valence-corrected chi connectivity index (χ3v) is 3.28. The van der Waals surface area contributed by atoms with Gasteiger partial charge in [0.15, 0.2) is 0 Å². The standard InChI is InChI=1S/C16H18BrNO3/c1-16(2,3)21-15(19)18-14-12-9-11(17)7-5-10(12)6-8-13(14)20-4/h5-9H,1-4H3,(H,18,19). The molecule has 0 atom stereocenters. The van der Waals surface area contributed by atoms with Gasteiger partial charge in [0.2, 0.25) is 0 Å². The second kappa shape index (κ2) is 5.93. The summed E-state index contributed by atoms with van der Waals surface area (Å²) in [5.41, 5.74) is 0.0493. The van der Waals surface area contributed by atoms with Crippen molar-refractivity contribution in [2.24, 2.45) is 0 Å². The van der Waals surface area contributed by atoms with E-state index in [1.54, 1.807) is 7.11 Å². The molecule has 4 nitrogen and oxygen atoms in total. The highest BCUT2D eigenvalue weighted by molar-refractivity contribution is 9.10. The van der Waals surface area contributed by atoms with Gasteiger partial charge in [-0.3, -0.25) is 5.32 Å². The lowest BCUT2D eigenvalue weighted by molar-refractivity contribution is 0.0635. The van der Waals surface area contributed by atoms with Crippen molar-refractivity contribution in [1.82, 2.24) is 0 Å². The molecule has 0 unspecified atom stereocenters. The third-order valence-electron chi connectivity index (χ3n) is 2.79. The highest BCUT2D eigenvalue weighted by atomic mass is 79.9. The maximum Gasteiger partial charge on any atom is 0.412 e. The number of hydrogen-bond acceptors (Lipinski definition) is 3. The Morgan fingerprint density at radius 3 is 2.48 bits per heavy atom. The number of nitrogens with one attached hydrogen (secondary N) is 1. The maximum atomic E-state index is 12.0. The van der Waals surface area contributed by atoms with Gasteiger partial charge >= 0.3 is 6.09 Å². The van der Waals surface area contributed by atoms with Crippen LogP contribution in [0.3, 0.4) is 0 Å². The van der Waals surface area contributed by atoms with Gasteiger partial charge in [-0.2, -0.15) is 0 Å². The van der Waals surface area contributed by atoms with Crippen LogP contribution in [0.1, 0.15) is 20.8 Å². The van der Waals surface area contributed by atoms with Crippen molar-refractivity contribution >= 4 is 38.5 Å². The molecule has 112 valence electrons. The summed E-state index contributed by atoms with van der Waals surface area (Å²) < 4.78 is 11.6. The number of halogens is 1. The molecule has 0 saturated carbocycles. The van der Waals surface area contributed by atoms with Crippen LogP contribution in [0.25, 0.3) is 10.8 Å². The largest absolute Gasteiger partial charge is 0.495 e. The third kappa shape index (κ3) is 3.88. The predicted octanol–water partition coefficient (Wildman–Crippen LogP) is 4.96. The van der Waals surface area contributed by atoms with Gasteiger partial charge < -0.3 is 9.47 Å². The molecular weight excluding hydrogens is 334 g/mol. The zero-order valence-corrected chi connectivity index (χ0v) is 14.1. The summed E-state index contributed by atoms with van der Waals surface area (Å²) >= 11 is 3.44. The minimum absolute atomic E-state index is 0.506. The topological polar surface area (TPSA) is 47.6 Å². The molecule has 5 heteroatoms. The minimum Gasteiger partial charge on any atom is -0.495 e. The molecule has 0 bridgehead atoms. The number of anilines is 1. The molecule has 0 fully saturated rings. The van der Waals surface area contributed by atoms with Gasteiger partial charge in [0.25, 0.3) is 0 Å². The first-order valence-electron chi connectivity index (χ1n) is 6.56. The van der Waals surface area contributed by atoms with E-state index in [-0.39, 0.29) is 0 Å². The number of ether oxygens (including phenoxy) is 2. The molecule has 1 amide bonds. The molecule has 0 aliphatic carbocycles. The van der Waals surface area contributed by atoms with E-state index in [1.807, 2.05) is 51.1 Å². The molecule has 2 aromatic carbocycles. The van der Waals surface area contributed by atoms with Gasteiger partial charge in [-0.25, -0.2) is 4.79 Å². The van der Waals surface area contributed by atoms with Crippen molar-refractivity contribution in [3.05, 3.63) is 34.8 Å². The molecule has 0 heterocycles. The summed E-state index contributed by atoms with van der Waals surface area (Å²) in [4.78, 5) is 12.0. The van der Waals surface area contributed by atoms with E-state index in [1.165, 1.54) is 0 Å². The monoisotopic (exact) mass is 351 g/mol. The SMILES string of the molecule is COc1ccc2ccc(Br)cc2c1NC(=O)OC(C)(C)C. The van der Waals surface area contributed by atoms with Crippen LogP contribution in [0, 0.1) is 0 Å². The summed E-state index contributed by atoms with van der Waals surface area (Å²) in [5, 5.41) is 4.67. The molecule has 2 rings (SSSR count). The Labute approximate surface area is 132 Å². The van der Waals surface area contributed by atoms with E-state index in [0.717, 1.165) is 15.2 Å². The van der Waals surface area contributed by atoms with Crippen LogP contribution in [-0.2, 0) is 4.74 Å². The van der Waals surface area contributed by atoms with E-state index in [2.05, 4.69) is 21.2 Å². The minimum atomic E-state index is -0.553. The predicted molar refractivity (Wildman–Crippen MR) is 88.1 cm³/mol. The van der Waals surface area contributed by atoms with Gasteiger partial charge in [0, 0.05) is 9.86 Å². The fourth-order valence-corrected chi connectivity index (χ4v) is 2.34. The first-order chi connectivity index (χ1) is 9.80. The maximum absolute atomic E-state index is 12.0. The average Bonchev–Trinajstić information content (AvgIpc) is 2.37. The van der Waals surface area contributed by atoms with Crippen LogP contribution in [0.4, 0.5) is 10.5 Å². The van der Waals surface area contributed by atoms with Crippen LogP contribution >= 0.6 is 15.9 Å². The second-order valence-electron chi connectivity index (χ2n) is 5.64. The highest BCUT2D eigenvalue weighted by Gasteiger charge is 2.18. The Bertz CT molecular complexity index is 677. The molecule has 0 aliphatic heterocycles. The number of carbonyl (C=O) groups excluding carboxylic acids is 1. The summed E-state index contributed by atoms with van der Waals surface area (Å²) in [6, 6.07) is 9.62. The Balaban J connectivity index is 2.45. The van der Waals surface area contributed by atoms with E-state index in [9.17, 15) is 4.79 Å². The zero-order chi connectivity index (χ0) is 15.6. The van der Waals surface area contributed by atoms with E-state index < -0.39 is 11.7 Å². The number of rotatable bonds is 2. The molecule has 2 aromatic rings. The summed E-state index contributed by atoms with van der Waals surface area (Å²) in [6.45, 7) is 5.47. The summed E-state index contributed by atoms with van der Waals surface area (Å²) in [7, 11) is 1.57. The Hall–Kier alpha value is -1.75. The number of fused-ring (bicyclic) bond motifs is 1. The second-order valence-corrected chi connectivity index (χ2v) is 6.55. The van der Waals surface area contributed by atoms with E-state index in [0.29, 0.717) is 11.4 Å². The molecule has 0 aliphatic rings. The lowest BCUT2D eigenvalue weighted by Gasteiger charge is -2.21. The molecule has 0 aromatic heterocycles. The van der Waals surface area contributed by atoms with Crippen molar-refractivity contribution in [2.75, 3.05) is 12.4 Å². The Kier molecular flexibility index (Phi) is 4.42. The van der Waals surface area contributed by atoms with Crippen LogP contribution < -0.4 is 10.1 Å². The van der Waals surface area contributed by atoms with Gasteiger partial charge in [-0.1, -0.05) is 28.1 Å².